The molecule has 0 saturated heterocycles. The summed E-state index contributed by atoms with van der Waals surface area (Å²) in [4.78, 5) is 13.5. The van der Waals surface area contributed by atoms with Gasteiger partial charge in [0, 0.05) is 30.1 Å². The lowest BCUT2D eigenvalue weighted by Crippen LogP contribution is -2.40. The number of amides is 1. The first-order valence-electron chi connectivity index (χ1n) is 6.29. The summed E-state index contributed by atoms with van der Waals surface area (Å²) in [6.45, 7) is 3.66. The van der Waals surface area contributed by atoms with Crippen molar-refractivity contribution >= 4 is 16.7 Å². The zero-order valence-corrected chi connectivity index (χ0v) is 11.7. The van der Waals surface area contributed by atoms with Gasteiger partial charge in [-0.3, -0.25) is 9.00 Å². The van der Waals surface area contributed by atoms with Crippen LogP contribution in [0, 0.1) is 0 Å². The lowest BCUT2D eigenvalue weighted by Gasteiger charge is -2.26. The molecule has 1 fully saturated rings. The minimum absolute atomic E-state index is 0.0335. The van der Waals surface area contributed by atoms with Gasteiger partial charge in [0.2, 0.25) is 5.91 Å². The number of hydrogen-bond donors (Lipinski definition) is 0. The van der Waals surface area contributed by atoms with Gasteiger partial charge in [0.25, 0.3) is 0 Å². The van der Waals surface area contributed by atoms with Gasteiger partial charge < -0.3 is 4.90 Å². The highest BCUT2D eigenvalue weighted by Gasteiger charge is 2.31. The summed E-state index contributed by atoms with van der Waals surface area (Å²) in [5.41, 5.74) is 0. The summed E-state index contributed by atoms with van der Waals surface area (Å²) in [6.07, 6.45) is 7.75. The smallest absolute Gasteiger partial charge is 0.238 e. The minimum atomic E-state index is -1.06. The normalized spacial score (nSPS) is 20.6. The second kappa shape index (κ2) is 6.94. The molecule has 0 aliphatic heterocycles. The third kappa shape index (κ3) is 3.95. The molecule has 0 spiro atoms. The molecular formula is C13H23NO2S. The summed E-state index contributed by atoms with van der Waals surface area (Å²) in [5.74, 6) is -0.0335. The van der Waals surface area contributed by atoms with Crippen molar-refractivity contribution < 1.29 is 9.00 Å². The average molecular weight is 257 g/mol. The van der Waals surface area contributed by atoms with Crippen LogP contribution in [0.25, 0.3) is 0 Å². The number of hydrogen-bond acceptors (Lipinski definition) is 2. The van der Waals surface area contributed by atoms with Crippen LogP contribution in [0.4, 0.5) is 0 Å². The van der Waals surface area contributed by atoms with Crippen LogP contribution in [0.3, 0.4) is 0 Å². The van der Waals surface area contributed by atoms with Crippen molar-refractivity contribution in [1.29, 1.82) is 0 Å². The largest absolute Gasteiger partial charge is 0.348 e. The van der Waals surface area contributed by atoms with E-state index in [1.165, 1.54) is 11.3 Å². The molecule has 1 aliphatic carbocycles. The second-order valence-electron chi connectivity index (χ2n) is 4.83. The topological polar surface area (TPSA) is 37.4 Å². The number of carbonyl (C=O) groups is 1. The Morgan fingerprint density at radius 2 is 2.00 bits per heavy atom. The van der Waals surface area contributed by atoms with Crippen LogP contribution in [0.1, 0.15) is 38.5 Å². The Morgan fingerprint density at radius 3 is 2.47 bits per heavy atom. The SMILES string of the molecule is C=CC[C@@H](C(=O)N(C)C)S(=O)C1CCCCC1. The maximum atomic E-state index is 12.4. The third-order valence-electron chi connectivity index (χ3n) is 3.26. The van der Waals surface area contributed by atoms with E-state index >= 15 is 0 Å². The van der Waals surface area contributed by atoms with Crippen molar-refractivity contribution in [2.45, 2.75) is 49.0 Å². The molecule has 17 heavy (non-hydrogen) atoms. The molecule has 4 heteroatoms. The number of allylic oxidation sites excluding steroid dienone is 1. The molecule has 1 rings (SSSR count). The molecule has 0 bridgehead atoms. The van der Waals surface area contributed by atoms with Gasteiger partial charge in [-0.2, -0.15) is 0 Å². The first-order valence-corrected chi connectivity index (χ1v) is 7.57. The minimum Gasteiger partial charge on any atom is -0.348 e. The van der Waals surface area contributed by atoms with Crippen molar-refractivity contribution in [2.75, 3.05) is 14.1 Å². The number of carbonyl (C=O) groups excluding carboxylic acids is 1. The maximum Gasteiger partial charge on any atom is 0.238 e. The summed E-state index contributed by atoms with van der Waals surface area (Å²) in [5, 5.41) is -0.191. The van der Waals surface area contributed by atoms with E-state index in [-0.39, 0.29) is 11.2 Å². The Labute approximate surface area is 107 Å². The van der Waals surface area contributed by atoms with Gasteiger partial charge >= 0.3 is 0 Å². The van der Waals surface area contributed by atoms with E-state index in [9.17, 15) is 9.00 Å². The Hall–Kier alpha value is -0.640. The van der Waals surface area contributed by atoms with Gasteiger partial charge in [0.1, 0.15) is 5.25 Å². The first kappa shape index (κ1) is 14.4. The van der Waals surface area contributed by atoms with Crippen LogP contribution in [0.2, 0.25) is 0 Å². The molecule has 0 N–H and O–H groups in total. The molecule has 1 aliphatic rings. The summed E-state index contributed by atoms with van der Waals surface area (Å²) in [6, 6.07) is 0. The van der Waals surface area contributed by atoms with Gasteiger partial charge in [0.05, 0.1) is 0 Å². The number of rotatable bonds is 5. The van der Waals surface area contributed by atoms with E-state index in [1.807, 2.05) is 0 Å². The number of nitrogens with zero attached hydrogens (tertiary/aromatic N) is 1. The molecule has 1 unspecified atom stereocenters. The lowest BCUT2D eigenvalue weighted by molar-refractivity contribution is -0.128. The van der Waals surface area contributed by atoms with E-state index in [1.54, 1.807) is 20.2 Å². The molecule has 0 heterocycles. The van der Waals surface area contributed by atoms with E-state index in [2.05, 4.69) is 6.58 Å². The zero-order chi connectivity index (χ0) is 12.8. The van der Waals surface area contributed by atoms with Crippen molar-refractivity contribution in [2.24, 2.45) is 0 Å². The Balaban J connectivity index is 2.71. The monoisotopic (exact) mass is 257 g/mol. The van der Waals surface area contributed by atoms with Crippen LogP contribution in [-0.2, 0) is 15.6 Å². The highest BCUT2D eigenvalue weighted by Crippen LogP contribution is 2.25. The van der Waals surface area contributed by atoms with E-state index in [4.69, 9.17) is 0 Å². The van der Waals surface area contributed by atoms with Gasteiger partial charge in [0.15, 0.2) is 0 Å². The van der Waals surface area contributed by atoms with E-state index < -0.39 is 16.0 Å². The summed E-state index contributed by atoms with van der Waals surface area (Å²) < 4.78 is 12.4. The Kier molecular flexibility index (Phi) is 5.89. The van der Waals surface area contributed by atoms with E-state index in [0.29, 0.717) is 6.42 Å². The predicted octanol–water partition coefficient (Wildman–Crippen LogP) is 2.10. The Morgan fingerprint density at radius 1 is 1.41 bits per heavy atom. The van der Waals surface area contributed by atoms with Crippen LogP contribution in [0.5, 0.6) is 0 Å². The molecule has 98 valence electrons. The molecule has 0 aromatic carbocycles. The molecule has 1 saturated carbocycles. The summed E-state index contributed by atoms with van der Waals surface area (Å²) >= 11 is 0. The van der Waals surface area contributed by atoms with Crippen molar-refractivity contribution in [3.05, 3.63) is 12.7 Å². The van der Waals surface area contributed by atoms with Crippen LogP contribution in [-0.4, -0.2) is 39.6 Å². The lowest BCUT2D eigenvalue weighted by atomic mass is 10.0. The van der Waals surface area contributed by atoms with Crippen LogP contribution in [0.15, 0.2) is 12.7 Å². The van der Waals surface area contributed by atoms with Crippen LogP contribution < -0.4 is 0 Å². The molecule has 0 radical (unpaired) electrons. The quantitative estimate of drug-likeness (QED) is 0.707. The third-order valence-corrected chi connectivity index (χ3v) is 5.34. The maximum absolute atomic E-state index is 12.4. The van der Waals surface area contributed by atoms with Gasteiger partial charge in [-0.05, 0) is 19.3 Å². The van der Waals surface area contributed by atoms with E-state index in [0.717, 1.165) is 25.7 Å². The van der Waals surface area contributed by atoms with Gasteiger partial charge in [-0.25, -0.2) is 0 Å². The molecular weight excluding hydrogens is 234 g/mol. The van der Waals surface area contributed by atoms with Gasteiger partial charge in [-0.1, -0.05) is 25.3 Å². The summed E-state index contributed by atoms with van der Waals surface area (Å²) in [7, 11) is 2.38. The average Bonchev–Trinajstić information content (AvgIpc) is 2.35. The highest BCUT2D eigenvalue weighted by molar-refractivity contribution is 7.87. The standard InChI is InChI=1S/C13H23NO2S/c1-4-8-12(13(15)14(2)3)17(16)11-9-6-5-7-10-11/h4,11-12H,1,5-10H2,2-3H3/t12-,17?/m0/s1. The van der Waals surface area contributed by atoms with Crippen LogP contribution >= 0.6 is 0 Å². The van der Waals surface area contributed by atoms with Gasteiger partial charge in [-0.15, -0.1) is 6.58 Å². The second-order valence-corrected chi connectivity index (χ2v) is 6.73. The van der Waals surface area contributed by atoms with Crippen molar-refractivity contribution in [1.82, 2.24) is 4.90 Å². The molecule has 2 atom stereocenters. The fraction of sp³-hybridized carbons (Fsp3) is 0.769. The predicted molar refractivity (Wildman–Crippen MR) is 72.3 cm³/mol. The molecule has 1 amide bonds. The van der Waals surface area contributed by atoms with Crippen molar-refractivity contribution in [3.8, 4) is 0 Å². The molecule has 3 nitrogen and oxygen atoms in total. The fourth-order valence-electron chi connectivity index (χ4n) is 2.26. The fourth-order valence-corrected chi connectivity index (χ4v) is 4.26. The zero-order valence-electron chi connectivity index (χ0n) is 10.9. The van der Waals surface area contributed by atoms with Crippen molar-refractivity contribution in [3.63, 3.8) is 0 Å². The first-order chi connectivity index (χ1) is 8.07. The Bertz CT molecular complexity index is 296. The molecule has 0 aromatic rings. The molecule has 0 aromatic heterocycles. The highest BCUT2D eigenvalue weighted by atomic mass is 32.2.